The highest BCUT2D eigenvalue weighted by Gasteiger charge is 1.91. The van der Waals surface area contributed by atoms with Gasteiger partial charge in [-0.3, -0.25) is 5.41 Å². The largest absolute Gasteiger partial charge is 0.385 e. The molecule has 0 radical (unpaired) electrons. The zero-order valence-electron chi connectivity index (χ0n) is 3.31. The minimum Gasteiger partial charge on any atom is -0.385 e. The van der Waals surface area contributed by atoms with Crippen LogP contribution in [0.4, 0.5) is 0 Å². The van der Waals surface area contributed by atoms with Crippen LogP contribution in [0.5, 0.6) is 0 Å². The van der Waals surface area contributed by atoms with Gasteiger partial charge in [0.05, 0.1) is 0 Å². The lowest BCUT2D eigenvalue weighted by molar-refractivity contribution is 0.902. The summed E-state index contributed by atoms with van der Waals surface area (Å²) in [5.74, 6) is -0.185. The van der Waals surface area contributed by atoms with Crippen molar-refractivity contribution in [2.75, 3.05) is 0 Å². The normalized spacial score (nSPS) is 9.17. The summed E-state index contributed by atoms with van der Waals surface area (Å²) >= 11 is 0. The van der Waals surface area contributed by atoms with E-state index in [2.05, 4.69) is 0 Å². The van der Waals surface area contributed by atoms with Crippen LogP contribution in [0.3, 0.4) is 0 Å². The first-order valence-electron chi connectivity index (χ1n) is 1.49. The summed E-state index contributed by atoms with van der Waals surface area (Å²) in [6, 6.07) is 0. The summed E-state index contributed by atoms with van der Waals surface area (Å²) in [7, 11) is 0. The molecule has 0 spiro atoms. The molecule has 4 heteroatoms. The van der Waals surface area contributed by atoms with Crippen molar-refractivity contribution in [3.05, 3.63) is 0 Å². The van der Waals surface area contributed by atoms with Gasteiger partial charge in [0.1, 0.15) is 12.0 Å². The Morgan fingerprint density at radius 2 is 1.67 bits per heavy atom. The van der Waals surface area contributed by atoms with Gasteiger partial charge in [0.25, 0.3) is 0 Å². The smallest absolute Gasteiger partial charge is 0.123 e. The maximum atomic E-state index is 6.48. The fourth-order valence-corrected chi connectivity index (χ4v) is 0. The molecule has 0 aromatic rings. The highest BCUT2D eigenvalue weighted by atomic mass is 14.9. The summed E-state index contributed by atoms with van der Waals surface area (Å²) in [5.41, 5.74) is 14.5. The Balaban J connectivity index is 3.26. The van der Waals surface area contributed by atoms with Crippen LogP contribution in [0.1, 0.15) is 0 Å². The first kappa shape index (κ1) is 5.39. The molecule has 0 amide bonds. The van der Waals surface area contributed by atoms with E-state index in [4.69, 9.17) is 22.6 Å². The predicted molar refractivity (Wildman–Crippen MR) is 24.1 cm³/mol. The van der Waals surface area contributed by atoms with Gasteiger partial charge >= 0.3 is 0 Å². The second-order valence-corrected chi connectivity index (χ2v) is 0.981. The number of amidine groups is 1. The predicted octanol–water partition coefficient (Wildman–Crippen LogP) is -1.83. The molecule has 0 aromatic heterocycles. The fourth-order valence-electron chi connectivity index (χ4n) is 0. The summed E-state index contributed by atoms with van der Waals surface area (Å²) in [5, 5.41) is 6.48. The number of hydrogen-bond acceptors (Lipinski definition) is 3. The molecule has 0 atom stereocenters. The molecular weight excluding hydrogens is 80.1 g/mol. The SMILES string of the molecule is N=C(N)C(N)N. The fraction of sp³-hybridized carbons (Fsp3) is 0.500. The van der Waals surface area contributed by atoms with Gasteiger partial charge in [0.2, 0.25) is 0 Å². The zero-order valence-corrected chi connectivity index (χ0v) is 3.31. The van der Waals surface area contributed by atoms with Crippen molar-refractivity contribution in [3.63, 3.8) is 0 Å². The summed E-state index contributed by atoms with van der Waals surface area (Å²) in [6.07, 6.45) is -0.787. The van der Waals surface area contributed by atoms with E-state index in [0.717, 1.165) is 0 Å². The van der Waals surface area contributed by atoms with E-state index >= 15 is 0 Å². The van der Waals surface area contributed by atoms with Crippen molar-refractivity contribution in [1.82, 2.24) is 0 Å². The monoisotopic (exact) mass is 88.1 g/mol. The number of nitrogens with one attached hydrogen (secondary N) is 1. The average Bonchev–Trinajstić information content (AvgIpc) is 1.36. The molecular formula is C2H8N4. The Morgan fingerprint density at radius 1 is 1.50 bits per heavy atom. The topological polar surface area (TPSA) is 102 Å². The van der Waals surface area contributed by atoms with Crippen LogP contribution < -0.4 is 17.2 Å². The second kappa shape index (κ2) is 1.74. The van der Waals surface area contributed by atoms with E-state index in [1.807, 2.05) is 0 Å². The van der Waals surface area contributed by atoms with Crippen LogP contribution in [-0.4, -0.2) is 12.0 Å². The quantitative estimate of drug-likeness (QED) is 0.172. The molecule has 0 bridgehead atoms. The van der Waals surface area contributed by atoms with Gasteiger partial charge in [-0.15, -0.1) is 0 Å². The Bertz CT molecular complexity index is 56.6. The standard InChI is InChI=1S/C2H8N4/c3-1(4)2(5)6/h1H,3-4H2,(H3,5,6). The molecule has 0 saturated heterocycles. The van der Waals surface area contributed by atoms with Crippen molar-refractivity contribution in [1.29, 1.82) is 5.41 Å². The number of rotatable bonds is 1. The maximum absolute atomic E-state index is 6.48. The molecule has 6 heavy (non-hydrogen) atoms. The van der Waals surface area contributed by atoms with Gasteiger partial charge in [0.15, 0.2) is 0 Å². The van der Waals surface area contributed by atoms with Gasteiger partial charge in [-0.05, 0) is 0 Å². The molecule has 0 aliphatic rings. The van der Waals surface area contributed by atoms with Crippen LogP contribution >= 0.6 is 0 Å². The van der Waals surface area contributed by atoms with Crippen molar-refractivity contribution in [2.24, 2.45) is 17.2 Å². The maximum Gasteiger partial charge on any atom is 0.123 e. The molecule has 0 unspecified atom stereocenters. The molecule has 0 aliphatic carbocycles. The lowest BCUT2D eigenvalue weighted by Gasteiger charge is -1.96. The first-order valence-corrected chi connectivity index (χ1v) is 1.49. The molecule has 0 rings (SSSR count). The summed E-state index contributed by atoms with van der Waals surface area (Å²) in [6.45, 7) is 0. The van der Waals surface area contributed by atoms with E-state index in [1.165, 1.54) is 0 Å². The molecule has 0 aliphatic heterocycles. The van der Waals surface area contributed by atoms with Crippen molar-refractivity contribution >= 4 is 5.84 Å². The summed E-state index contributed by atoms with van der Waals surface area (Å²) < 4.78 is 0. The minimum atomic E-state index is -0.787. The Morgan fingerprint density at radius 3 is 1.67 bits per heavy atom. The van der Waals surface area contributed by atoms with E-state index in [1.54, 1.807) is 0 Å². The Labute approximate surface area is 35.8 Å². The highest BCUT2D eigenvalue weighted by Crippen LogP contribution is 1.53. The molecule has 0 fully saturated rings. The second-order valence-electron chi connectivity index (χ2n) is 0.981. The van der Waals surface area contributed by atoms with E-state index in [9.17, 15) is 0 Å². The third-order valence-corrected chi connectivity index (χ3v) is 0.359. The first-order chi connectivity index (χ1) is 2.64. The van der Waals surface area contributed by atoms with Crippen LogP contribution in [0.25, 0.3) is 0 Å². The van der Waals surface area contributed by atoms with Gasteiger partial charge in [-0.25, -0.2) is 0 Å². The van der Waals surface area contributed by atoms with Crippen LogP contribution in [0, 0.1) is 5.41 Å². The lowest BCUT2D eigenvalue weighted by Crippen LogP contribution is -2.43. The van der Waals surface area contributed by atoms with Crippen LogP contribution in [0.2, 0.25) is 0 Å². The van der Waals surface area contributed by atoms with E-state index < -0.39 is 6.17 Å². The molecule has 36 valence electrons. The average molecular weight is 88.1 g/mol. The van der Waals surface area contributed by atoms with Gasteiger partial charge in [-0.2, -0.15) is 0 Å². The Hall–Kier alpha value is -0.610. The highest BCUT2D eigenvalue weighted by molar-refractivity contribution is 5.81. The van der Waals surface area contributed by atoms with Gasteiger partial charge in [0, 0.05) is 0 Å². The molecule has 4 nitrogen and oxygen atoms in total. The third kappa shape index (κ3) is 1.68. The van der Waals surface area contributed by atoms with Crippen LogP contribution in [0.15, 0.2) is 0 Å². The van der Waals surface area contributed by atoms with Crippen molar-refractivity contribution < 1.29 is 0 Å². The minimum absolute atomic E-state index is 0.185. The van der Waals surface area contributed by atoms with E-state index in [-0.39, 0.29) is 5.84 Å². The van der Waals surface area contributed by atoms with Crippen molar-refractivity contribution in [2.45, 2.75) is 6.17 Å². The molecule has 7 N–H and O–H groups in total. The van der Waals surface area contributed by atoms with E-state index in [0.29, 0.717) is 0 Å². The molecule has 0 aromatic carbocycles. The lowest BCUT2D eigenvalue weighted by atomic mass is 10.5. The third-order valence-electron chi connectivity index (χ3n) is 0.359. The zero-order chi connectivity index (χ0) is 5.15. The van der Waals surface area contributed by atoms with Crippen LogP contribution in [-0.2, 0) is 0 Å². The van der Waals surface area contributed by atoms with Gasteiger partial charge in [-0.1, -0.05) is 0 Å². The number of hydrogen-bond donors (Lipinski definition) is 4. The molecule has 0 saturated carbocycles. The van der Waals surface area contributed by atoms with Crippen molar-refractivity contribution in [3.8, 4) is 0 Å². The molecule has 0 heterocycles. The summed E-state index contributed by atoms with van der Waals surface area (Å²) in [4.78, 5) is 0. The Kier molecular flexibility index (Phi) is 1.56. The number of nitrogens with two attached hydrogens (primary N) is 3. The van der Waals surface area contributed by atoms with Gasteiger partial charge < -0.3 is 17.2 Å².